The van der Waals surface area contributed by atoms with Crippen LogP contribution >= 0.6 is 12.4 Å². The number of nitrogens with two attached hydrogens (primary N) is 1. The highest BCUT2D eigenvalue weighted by Gasteiger charge is 2.20. The van der Waals surface area contributed by atoms with E-state index in [1.807, 2.05) is 6.92 Å². The fourth-order valence-corrected chi connectivity index (χ4v) is 2.63. The number of amides is 1. The first-order valence-corrected chi connectivity index (χ1v) is 7.13. The Bertz CT molecular complexity index is 228. The molecule has 1 saturated carbocycles. The average Bonchev–Trinajstić information content (AvgIpc) is 2.29. The summed E-state index contributed by atoms with van der Waals surface area (Å²) >= 11 is 0. The number of halogens is 1. The molecule has 1 fully saturated rings. The van der Waals surface area contributed by atoms with Crippen LogP contribution in [0.25, 0.3) is 0 Å². The highest BCUT2D eigenvalue weighted by molar-refractivity contribution is 5.85. The van der Waals surface area contributed by atoms with Crippen molar-refractivity contribution >= 4 is 18.3 Å². The Labute approximate surface area is 118 Å². The Morgan fingerprint density at radius 3 is 2.44 bits per heavy atom. The van der Waals surface area contributed by atoms with Gasteiger partial charge in [-0.3, -0.25) is 4.79 Å². The maximum atomic E-state index is 11.8. The van der Waals surface area contributed by atoms with Crippen LogP contribution in [-0.2, 0) is 4.79 Å². The average molecular weight is 277 g/mol. The number of carbonyl (C=O) groups excluding carboxylic acids is 1. The minimum Gasteiger partial charge on any atom is -0.356 e. The lowest BCUT2D eigenvalue weighted by molar-refractivity contribution is -0.125. The molecule has 1 aliphatic rings. The zero-order valence-corrected chi connectivity index (χ0v) is 12.6. The lowest BCUT2D eigenvalue weighted by Crippen LogP contribution is -2.33. The van der Waals surface area contributed by atoms with Crippen LogP contribution in [0.4, 0.5) is 0 Å². The van der Waals surface area contributed by atoms with Gasteiger partial charge in [-0.1, -0.05) is 39.0 Å². The molecule has 0 saturated heterocycles. The van der Waals surface area contributed by atoms with Crippen LogP contribution in [0.15, 0.2) is 0 Å². The Hall–Kier alpha value is -0.280. The van der Waals surface area contributed by atoms with Crippen molar-refractivity contribution in [2.24, 2.45) is 17.6 Å². The summed E-state index contributed by atoms with van der Waals surface area (Å²) in [6.07, 6.45) is 8.64. The molecule has 0 aliphatic heterocycles. The van der Waals surface area contributed by atoms with Gasteiger partial charge in [0, 0.05) is 18.5 Å². The molecule has 1 amide bonds. The number of hydrogen-bond donors (Lipinski definition) is 2. The first kappa shape index (κ1) is 17.7. The molecule has 0 bridgehead atoms. The van der Waals surface area contributed by atoms with Gasteiger partial charge in [0.15, 0.2) is 0 Å². The number of rotatable bonds is 6. The van der Waals surface area contributed by atoms with Gasteiger partial charge in [-0.25, -0.2) is 0 Å². The normalized spacial score (nSPS) is 19.7. The third-order valence-corrected chi connectivity index (χ3v) is 3.76. The summed E-state index contributed by atoms with van der Waals surface area (Å²) in [6.45, 7) is 4.74. The number of nitrogens with one attached hydrogen (secondary N) is 1. The van der Waals surface area contributed by atoms with Crippen LogP contribution in [0.1, 0.15) is 58.8 Å². The van der Waals surface area contributed by atoms with Gasteiger partial charge >= 0.3 is 0 Å². The second-order valence-corrected chi connectivity index (χ2v) is 5.70. The molecule has 0 aromatic carbocycles. The van der Waals surface area contributed by atoms with Crippen molar-refractivity contribution in [3.8, 4) is 0 Å². The van der Waals surface area contributed by atoms with E-state index < -0.39 is 0 Å². The third-order valence-electron chi connectivity index (χ3n) is 3.76. The summed E-state index contributed by atoms with van der Waals surface area (Å²) in [5.41, 5.74) is 5.65. The van der Waals surface area contributed by atoms with E-state index in [0.29, 0.717) is 6.54 Å². The van der Waals surface area contributed by atoms with Crippen LogP contribution in [0, 0.1) is 11.8 Å². The number of carbonyl (C=O) groups is 1. The molecule has 108 valence electrons. The van der Waals surface area contributed by atoms with Crippen LogP contribution in [0.5, 0.6) is 0 Å². The van der Waals surface area contributed by atoms with Gasteiger partial charge in [0.25, 0.3) is 0 Å². The fraction of sp³-hybridized carbons (Fsp3) is 0.929. The maximum Gasteiger partial charge on any atom is 0.222 e. The largest absolute Gasteiger partial charge is 0.356 e. The van der Waals surface area contributed by atoms with Crippen molar-refractivity contribution in [1.82, 2.24) is 5.32 Å². The van der Waals surface area contributed by atoms with Crippen LogP contribution in [0.2, 0.25) is 0 Å². The molecule has 2 unspecified atom stereocenters. The molecule has 1 rings (SSSR count). The molecule has 0 spiro atoms. The van der Waals surface area contributed by atoms with Gasteiger partial charge in [-0.2, -0.15) is 0 Å². The van der Waals surface area contributed by atoms with Gasteiger partial charge in [0.2, 0.25) is 5.91 Å². The summed E-state index contributed by atoms with van der Waals surface area (Å²) in [5, 5.41) is 2.98. The van der Waals surface area contributed by atoms with Crippen LogP contribution < -0.4 is 11.1 Å². The Morgan fingerprint density at radius 1 is 1.28 bits per heavy atom. The van der Waals surface area contributed by atoms with E-state index in [1.165, 1.54) is 32.1 Å². The highest BCUT2D eigenvalue weighted by atomic mass is 35.5. The predicted octanol–water partition coefficient (Wildman–Crippen LogP) is 2.87. The second-order valence-electron chi connectivity index (χ2n) is 5.70. The lowest BCUT2D eigenvalue weighted by atomic mass is 9.83. The number of hydrogen-bond acceptors (Lipinski definition) is 2. The predicted molar refractivity (Wildman–Crippen MR) is 78.9 cm³/mol. The standard InChI is InChI=1S/C14H28N2O.ClH/c1-11(10-13-6-4-3-5-7-13)14(17)16-9-8-12(2)15;/h11-13H,3-10,15H2,1-2H3,(H,16,17);1H. The van der Waals surface area contributed by atoms with Gasteiger partial charge in [0.1, 0.15) is 0 Å². The molecule has 3 N–H and O–H groups in total. The van der Waals surface area contributed by atoms with Crippen LogP contribution in [-0.4, -0.2) is 18.5 Å². The summed E-state index contributed by atoms with van der Waals surface area (Å²) in [4.78, 5) is 11.8. The summed E-state index contributed by atoms with van der Waals surface area (Å²) < 4.78 is 0. The van der Waals surface area contributed by atoms with Gasteiger partial charge < -0.3 is 11.1 Å². The molecular weight excluding hydrogens is 248 g/mol. The summed E-state index contributed by atoms with van der Waals surface area (Å²) in [5.74, 6) is 1.14. The van der Waals surface area contributed by atoms with Gasteiger partial charge in [-0.05, 0) is 25.7 Å². The van der Waals surface area contributed by atoms with E-state index in [4.69, 9.17) is 5.73 Å². The van der Waals surface area contributed by atoms with Crippen molar-refractivity contribution in [2.45, 2.75) is 64.8 Å². The molecule has 2 atom stereocenters. The molecule has 0 heterocycles. The topological polar surface area (TPSA) is 55.1 Å². The molecule has 0 radical (unpaired) electrons. The Morgan fingerprint density at radius 2 is 1.89 bits per heavy atom. The van der Waals surface area contributed by atoms with Crippen LogP contribution in [0.3, 0.4) is 0 Å². The van der Waals surface area contributed by atoms with Crippen molar-refractivity contribution in [1.29, 1.82) is 0 Å². The Balaban J connectivity index is 0.00000289. The van der Waals surface area contributed by atoms with E-state index in [2.05, 4.69) is 12.2 Å². The zero-order chi connectivity index (χ0) is 12.7. The monoisotopic (exact) mass is 276 g/mol. The van der Waals surface area contributed by atoms with E-state index >= 15 is 0 Å². The highest BCUT2D eigenvalue weighted by Crippen LogP contribution is 2.28. The quantitative estimate of drug-likeness (QED) is 0.784. The first-order chi connectivity index (χ1) is 8.09. The molecule has 3 nitrogen and oxygen atoms in total. The van der Waals surface area contributed by atoms with E-state index in [9.17, 15) is 4.79 Å². The zero-order valence-electron chi connectivity index (χ0n) is 11.8. The maximum absolute atomic E-state index is 11.8. The second kappa shape index (κ2) is 9.62. The van der Waals surface area contributed by atoms with Gasteiger partial charge in [-0.15, -0.1) is 12.4 Å². The van der Waals surface area contributed by atoms with E-state index in [-0.39, 0.29) is 30.3 Å². The molecule has 1 aliphatic carbocycles. The summed E-state index contributed by atoms with van der Waals surface area (Å²) in [6, 6.07) is 0.170. The van der Waals surface area contributed by atoms with Gasteiger partial charge in [0.05, 0.1) is 0 Å². The third kappa shape index (κ3) is 7.22. The minimum atomic E-state index is 0. The first-order valence-electron chi connectivity index (χ1n) is 7.13. The molecular formula is C14H29ClN2O. The smallest absolute Gasteiger partial charge is 0.222 e. The Kier molecular flexibility index (Phi) is 9.47. The molecule has 0 aromatic rings. The lowest BCUT2D eigenvalue weighted by Gasteiger charge is -2.24. The molecule has 4 heteroatoms. The SMILES string of the molecule is CC(N)CCNC(=O)C(C)CC1CCCCC1.Cl. The minimum absolute atomic E-state index is 0. The van der Waals surface area contributed by atoms with Crippen molar-refractivity contribution < 1.29 is 4.79 Å². The van der Waals surface area contributed by atoms with E-state index in [0.717, 1.165) is 18.8 Å². The fourth-order valence-electron chi connectivity index (χ4n) is 2.63. The van der Waals surface area contributed by atoms with Crippen molar-refractivity contribution in [3.63, 3.8) is 0 Å². The molecule has 18 heavy (non-hydrogen) atoms. The summed E-state index contributed by atoms with van der Waals surface area (Å²) in [7, 11) is 0. The van der Waals surface area contributed by atoms with Crippen molar-refractivity contribution in [2.75, 3.05) is 6.54 Å². The van der Waals surface area contributed by atoms with E-state index in [1.54, 1.807) is 0 Å². The molecule has 0 aromatic heterocycles. The van der Waals surface area contributed by atoms with Crippen molar-refractivity contribution in [3.05, 3.63) is 0 Å².